The van der Waals surface area contributed by atoms with Gasteiger partial charge in [0, 0.05) is 34.0 Å². The number of hydrogen-bond donors (Lipinski definition) is 3. The molecule has 0 spiro atoms. The van der Waals surface area contributed by atoms with Crippen LogP contribution in [0.4, 0.5) is 26.7 Å². The number of nitrogen functional groups attached to an aromatic ring is 1. The second kappa shape index (κ2) is 11.9. The van der Waals surface area contributed by atoms with Gasteiger partial charge in [-0.2, -0.15) is 5.26 Å². The van der Waals surface area contributed by atoms with E-state index in [0.717, 1.165) is 0 Å². The fourth-order valence-electron chi connectivity index (χ4n) is 3.22. The normalized spacial score (nSPS) is 10.5. The SMILES string of the molecule is [C-]#[N+]c1c(N)nc(SCc2csc(Nc3cc(Cl)ccc3F)n2)c(C#N)c1-c1ccc(OCCO)nc1. The van der Waals surface area contributed by atoms with Crippen molar-refractivity contribution < 1.29 is 14.2 Å². The molecule has 0 saturated carbocycles. The van der Waals surface area contributed by atoms with Crippen LogP contribution in [0.3, 0.4) is 0 Å². The Balaban J connectivity index is 1.58. The summed E-state index contributed by atoms with van der Waals surface area (Å²) in [5, 5.41) is 24.8. The van der Waals surface area contributed by atoms with Crippen LogP contribution in [-0.4, -0.2) is 33.3 Å². The summed E-state index contributed by atoms with van der Waals surface area (Å²) >= 11 is 8.47. The highest BCUT2D eigenvalue weighted by molar-refractivity contribution is 7.98. The van der Waals surface area contributed by atoms with E-state index in [2.05, 4.69) is 31.2 Å². The number of pyridine rings is 2. The molecule has 0 fully saturated rings. The molecule has 0 aliphatic heterocycles. The molecule has 3 aromatic heterocycles. The highest BCUT2D eigenvalue weighted by Crippen LogP contribution is 2.42. The van der Waals surface area contributed by atoms with Crippen LogP contribution in [0.2, 0.25) is 5.02 Å². The highest BCUT2D eigenvalue weighted by Gasteiger charge is 2.21. The van der Waals surface area contributed by atoms with Crippen molar-refractivity contribution in [2.75, 3.05) is 24.3 Å². The van der Waals surface area contributed by atoms with Crippen molar-refractivity contribution in [2.24, 2.45) is 0 Å². The quantitative estimate of drug-likeness (QED) is 0.173. The van der Waals surface area contributed by atoms with Gasteiger partial charge < -0.3 is 20.9 Å². The number of rotatable bonds is 9. The fraction of sp³-hybridized carbons (Fsp3) is 0.125. The summed E-state index contributed by atoms with van der Waals surface area (Å²) in [6.07, 6.45) is 1.47. The lowest BCUT2D eigenvalue weighted by molar-refractivity contribution is 0.196. The number of aliphatic hydroxyl groups is 1. The summed E-state index contributed by atoms with van der Waals surface area (Å²) in [7, 11) is 0. The number of benzene rings is 1. The molecule has 0 atom stereocenters. The largest absolute Gasteiger partial charge is 0.475 e. The number of anilines is 3. The standard InChI is InChI=1S/C24H17ClFN7O2S2/c1-29-21-20(13-2-5-19(30-10-13)35-7-6-34)16(9-27)23(33-22(21)28)36-11-15-12-37-24(31-15)32-18-8-14(25)3-4-17(18)26/h2-5,8,10,12,34H,6-7,11H2,(H2,28,33)(H,31,32). The van der Waals surface area contributed by atoms with Crippen molar-refractivity contribution in [2.45, 2.75) is 10.8 Å². The summed E-state index contributed by atoms with van der Waals surface area (Å²) in [5.74, 6) is 0.177. The van der Waals surface area contributed by atoms with Crippen LogP contribution in [0.1, 0.15) is 11.3 Å². The molecular weight excluding hydrogens is 537 g/mol. The number of aliphatic hydroxyl groups excluding tert-OH is 1. The van der Waals surface area contributed by atoms with E-state index in [9.17, 15) is 9.65 Å². The van der Waals surface area contributed by atoms with Crippen LogP contribution < -0.4 is 15.8 Å². The number of hydrogen-bond acceptors (Lipinski definition) is 10. The molecule has 0 amide bonds. The average Bonchev–Trinajstić information content (AvgIpc) is 3.35. The minimum atomic E-state index is -0.455. The number of aromatic nitrogens is 3. The Bertz CT molecular complexity index is 1520. The van der Waals surface area contributed by atoms with Gasteiger partial charge in [0.25, 0.3) is 0 Å². The first kappa shape index (κ1) is 26.1. The van der Waals surface area contributed by atoms with E-state index in [4.69, 9.17) is 33.8 Å². The van der Waals surface area contributed by atoms with E-state index in [0.29, 0.717) is 43.6 Å². The zero-order chi connectivity index (χ0) is 26.4. The van der Waals surface area contributed by atoms with Crippen molar-refractivity contribution in [1.29, 1.82) is 5.26 Å². The molecule has 37 heavy (non-hydrogen) atoms. The Hall–Kier alpha value is -3.94. The van der Waals surface area contributed by atoms with E-state index < -0.39 is 5.82 Å². The van der Waals surface area contributed by atoms with Crippen LogP contribution in [0.25, 0.3) is 16.0 Å². The van der Waals surface area contributed by atoms with Crippen molar-refractivity contribution in [1.82, 2.24) is 15.0 Å². The summed E-state index contributed by atoms with van der Waals surface area (Å²) in [5.41, 5.74) is 8.03. The number of nitrogens with two attached hydrogens (primary N) is 1. The molecule has 4 aromatic rings. The van der Waals surface area contributed by atoms with Gasteiger partial charge in [-0.05, 0) is 29.8 Å². The number of nitrogens with one attached hydrogen (secondary N) is 1. The number of halogens is 2. The first-order chi connectivity index (χ1) is 17.9. The third-order valence-electron chi connectivity index (χ3n) is 4.83. The maximum Gasteiger partial charge on any atom is 0.237 e. The Kier molecular flexibility index (Phi) is 8.38. The summed E-state index contributed by atoms with van der Waals surface area (Å²) < 4.78 is 19.3. The molecule has 0 bridgehead atoms. The minimum absolute atomic E-state index is 0.0100. The molecule has 4 N–H and O–H groups in total. The molecular formula is C24H17ClFN7O2S2. The number of thioether (sulfide) groups is 1. The molecule has 4 rings (SSSR count). The Labute approximate surface area is 224 Å². The topological polar surface area (TPSA) is 134 Å². The van der Waals surface area contributed by atoms with Gasteiger partial charge in [-0.25, -0.2) is 24.2 Å². The van der Waals surface area contributed by atoms with E-state index >= 15 is 0 Å². The van der Waals surface area contributed by atoms with Crippen LogP contribution in [0, 0.1) is 23.7 Å². The van der Waals surface area contributed by atoms with Crippen molar-refractivity contribution in [3.8, 4) is 23.1 Å². The zero-order valence-electron chi connectivity index (χ0n) is 18.9. The predicted octanol–water partition coefficient (Wildman–Crippen LogP) is 5.80. The molecule has 186 valence electrons. The van der Waals surface area contributed by atoms with Gasteiger partial charge >= 0.3 is 0 Å². The van der Waals surface area contributed by atoms with Gasteiger partial charge in [0.05, 0.1) is 30.1 Å². The Morgan fingerprint density at radius 2 is 2.16 bits per heavy atom. The van der Waals surface area contributed by atoms with Crippen LogP contribution >= 0.6 is 34.7 Å². The first-order valence-corrected chi connectivity index (χ1v) is 12.8. The van der Waals surface area contributed by atoms with E-state index in [1.54, 1.807) is 17.5 Å². The van der Waals surface area contributed by atoms with Gasteiger partial charge in [-0.1, -0.05) is 23.4 Å². The van der Waals surface area contributed by atoms with Crippen LogP contribution in [0.15, 0.2) is 46.9 Å². The summed E-state index contributed by atoms with van der Waals surface area (Å²) in [6.45, 7) is 7.51. The number of thiazole rings is 1. The van der Waals surface area contributed by atoms with Gasteiger partial charge in [0.2, 0.25) is 11.6 Å². The molecule has 0 aliphatic carbocycles. The lowest BCUT2D eigenvalue weighted by atomic mass is 10.0. The number of nitrogens with zero attached hydrogens (tertiary/aromatic N) is 5. The molecule has 0 radical (unpaired) electrons. The number of ether oxygens (including phenoxy) is 1. The average molecular weight is 554 g/mol. The van der Waals surface area contributed by atoms with E-state index in [-0.39, 0.29) is 36.0 Å². The molecule has 3 heterocycles. The summed E-state index contributed by atoms with van der Waals surface area (Å²) in [4.78, 5) is 16.4. The second-order valence-electron chi connectivity index (χ2n) is 7.26. The lowest BCUT2D eigenvalue weighted by Gasteiger charge is -2.13. The van der Waals surface area contributed by atoms with Crippen LogP contribution in [-0.2, 0) is 5.75 Å². The third-order valence-corrected chi connectivity index (χ3v) is 6.88. The predicted molar refractivity (Wildman–Crippen MR) is 142 cm³/mol. The first-order valence-electron chi connectivity index (χ1n) is 10.5. The molecule has 0 saturated heterocycles. The van der Waals surface area contributed by atoms with E-state index in [1.165, 1.54) is 47.5 Å². The molecule has 1 aromatic carbocycles. The molecule has 0 unspecified atom stereocenters. The van der Waals surface area contributed by atoms with Gasteiger partial charge in [-0.15, -0.1) is 11.3 Å². The zero-order valence-corrected chi connectivity index (χ0v) is 21.3. The maximum atomic E-state index is 14.0. The van der Waals surface area contributed by atoms with Gasteiger partial charge in [0.15, 0.2) is 5.13 Å². The summed E-state index contributed by atoms with van der Waals surface area (Å²) in [6, 6.07) is 9.58. The van der Waals surface area contributed by atoms with Gasteiger partial charge in [0.1, 0.15) is 29.3 Å². The number of nitriles is 1. The van der Waals surface area contributed by atoms with Crippen LogP contribution in [0.5, 0.6) is 5.88 Å². The van der Waals surface area contributed by atoms with Crippen molar-refractivity contribution in [3.05, 3.63) is 75.4 Å². The Morgan fingerprint density at radius 3 is 2.86 bits per heavy atom. The lowest BCUT2D eigenvalue weighted by Crippen LogP contribution is -2.03. The minimum Gasteiger partial charge on any atom is -0.475 e. The molecule has 0 aliphatic rings. The van der Waals surface area contributed by atoms with Gasteiger partial charge in [-0.3, -0.25) is 0 Å². The monoisotopic (exact) mass is 553 g/mol. The molecule has 9 nitrogen and oxygen atoms in total. The third kappa shape index (κ3) is 6.07. The smallest absolute Gasteiger partial charge is 0.237 e. The second-order valence-corrected chi connectivity index (χ2v) is 9.52. The Morgan fingerprint density at radius 1 is 1.32 bits per heavy atom. The van der Waals surface area contributed by atoms with Crippen molar-refractivity contribution >= 4 is 57.0 Å². The molecule has 13 heteroatoms. The fourth-order valence-corrected chi connectivity index (χ4v) is 5.11. The van der Waals surface area contributed by atoms with Crippen molar-refractivity contribution in [3.63, 3.8) is 0 Å². The van der Waals surface area contributed by atoms with E-state index in [1.807, 2.05) is 0 Å². The maximum absolute atomic E-state index is 14.0. The highest BCUT2D eigenvalue weighted by atomic mass is 35.5.